The fraction of sp³-hybridized carbons (Fsp3) is 0.182. The van der Waals surface area contributed by atoms with Crippen molar-refractivity contribution in [1.29, 1.82) is 0 Å². The second-order valence-corrected chi connectivity index (χ2v) is 2.69. The Hall–Kier alpha value is -1.61. The van der Waals surface area contributed by atoms with E-state index in [1.54, 1.807) is 43.3 Å². The van der Waals surface area contributed by atoms with Crippen molar-refractivity contribution in [2.45, 2.75) is 13.2 Å². The minimum atomic E-state index is -1.42. The van der Waals surface area contributed by atoms with Crippen LogP contribution in [0.3, 0.4) is 0 Å². The van der Waals surface area contributed by atoms with Gasteiger partial charge in [0.2, 0.25) is 5.78 Å². The highest BCUT2D eigenvalue weighted by Crippen LogP contribution is 2.04. The van der Waals surface area contributed by atoms with Gasteiger partial charge in [-0.15, -0.1) is 0 Å². The molecule has 1 aromatic carbocycles. The molecule has 0 aliphatic heterocycles. The van der Waals surface area contributed by atoms with Crippen LogP contribution in [0.1, 0.15) is 17.3 Å². The number of hydrogen-bond acceptors (Lipinski definition) is 3. The van der Waals surface area contributed by atoms with E-state index in [0.717, 1.165) is 0 Å². The van der Waals surface area contributed by atoms with E-state index in [2.05, 4.69) is 0 Å². The summed E-state index contributed by atoms with van der Waals surface area (Å²) < 4.78 is 4.73. The molecule has 0 fully saturated rings. The van der Waals surface area contributed by atoms with Gasteiger partial charge < -0.3 is 9.84 Å². The second kappa shape index (κ2) is 5.19. The molecule has 0 spiro atoms. The number of aliphatic hydroxyl groups excluding tert-OH is 1. The van der Waals surface area contributed by atoms with Crippen LogP contribution in [-0.2, 0) is 4.74 Å². The Kier molecular flexibility index (Phi) is 3.88. The number of ether oxygens (including phenoxy) is 1. The number of aliphatic hydroxyl groups is 1. The highest BCUT2D eigenvalue weighted by molar-refractivity contribution is 5.98. The van der Waals surface area contributed by atoms with Gasteiger partial charge in [-0.25, -0.2) is 0 Å². The van der Waals surface area contributed by atoms with Gasteiger partial charge in [0.1, 0.15) is 0 Å². The molecule has 1 rings (SSSR count). The Morgan fingerprint density at radius 2 is 2.07 bits per heavy atom. The first-order valence-electron chi connectivity index (χ1n) is 4.29. The van der Waals surface area contributed by atoms with Gasteiger partial charge in [-0.2, -0.15) is 0 Å². The Morgan fingerprint density at radius 1 is 1.43 bits per heavy atom. The summed E-state index contributed by atoms with van der Waals surface area (Å²) in [5, 5.41) is 9.28. The van der Waals surface area contributed by atoms with Crippen LogP contribution in [0.4, 0.5) is 0 Å². The Morgan fingerprint density at radius 3 is 2.64 bits per heavy atom. The number of Topliss-reactive ketones (excluding diaryl/α,β-unsaturated/α-hetero) is 1. The fourth-order valence-electron chi connectivity index (χ4n) is 0.960. The molecule has 0 saturated carbocycles. The van der Waals surface area contributed by atoms with Crippen molar-refractivity contribution < 1.29 is 14.6 Å². The first-order chi connectivity index (χ1) is 6.75. The largest absolute Gasteiger partial charge is 0.465 e. The standard InChI is InChI=1S/C11H12O3/c1-2-8-14-11(13)10(12)9-6-4-3-5-7-9/h2-8,11,13H,1H3. The molecule has 0 heterocycles. The highest BCUT2D eigenvalue weighted by atomic mass is 16.6. The van der Waals surface area contributed by atoms with Gasteiger partial charge in [0.05, 0.1) is 6.26 Å². The van der Waals surface area contributed by atoms with Gasteiger partial charge >= 0.3 is 0 Å². The third-order valence-electron chi connectivity index (χ3n) is 1.63. The molecule has 3 nitrogen and oxygen atoms in total. The van der Waals surface area contributed by atoms with Crippen molar-refractivity contribution in [3.05, 3.63) is 48.2 Å². The van der Waals surface area contributed by atoms with Crippen molar-refractivity contribution >= 4 is 5.78 Å². The predicted octanol–water partition coefficient (Wildman–Crippen LogP) is 1.74. The average Bonchev–Trinajstić information content (AvgIpc) is 2.26. The van der Waals surface area contributed by atoms with Crippen LogP contribution in [0.2, 0.25) is 0 Å². The lowest BCUT2D eigenvalue weighted by Gasteiger charge is -2.08. The molecule has 1 aromatic rings. The topological polar surface area (TPSA) is 46.5 Å². The molecule has 0 amide bonds. The molecule has 0 aromatic heterocycles. The maximum Gasteiger partial charge on any atom is 0.261 e. The molecular weight excluding hydrogens is 180 g/mol. The summed E-state index contributed by atoms with van der Waals surface area (Å²) in [6.07, 6.45) is 1.46. The molecule has 1 N–H and O–H groups in total. The summed E-state index contributed by atoms with van der Waals surface area (Å²) in [5.41, 5.74) is 0.435. The predicted molar refractivity (Wildman–Crippen MR) is 52.7 cm³/mol. The zero-order valence-electron chi connectivity index (χ0n) is 7.88. The van der Waals surface area contributed by atoms with E-state index in [4.69, 9.17) is 4.74 Å². The molecule has 0 aliphatic carbocycles. The zero-order valence-corrected chi connectivity index (χ0v) is 7.88. The van der Waals surface area contributed by atoms with Gasteiger partial charge in [0, 0.05) is 5.56 Å². The number of benzene rings is 1. The van der Waals surface area contributed by atoms with Gasteiger partial charge in [-0.05, 0) is 6.92 Å². The minimum Gasteiger partial charge on any atom is -0.465 e. The minimum absolute atomic E-state index is 0.435. The second-order valence-electron chi connectivity index (χ2n) is 2.69. The van der Waals surface area contributed by atoms with Gasteiger partial charge in [-0.3, -0.25) is 4.79 Å². The summed E-state index contributed by atoms with van der Waals surface area (Å²) >= 11 is 0. The van der Waals surface area contributed by atoms with Crippen LogP contribution >= 0.6 is 0 Å². The number of carbonyl (C=O) groups is 1. The first kappa shape index (κ1) is 10.5. The summed E-state index contributed by atoms with van der Waals surface area (Å²) in [6.45, 7) is 1.74. The van der Waals surface area contributed by atoms with E-state index in [9.17, 15) is 9.90 Å². The van der Waals surface area contributed by atoms with E-state index in [1.807, 2.05) is 0 Å². The van der Waals surface area contributed by atoms with E-state index < -0.39 is 12.1 Å². The number of rotatable bonds is 4. The third kappa shape index (κ3) is 2.71. The van der Waals surface area contributed by atoms with Gasteiger partial charge in [0.25, 0.3) is 6.29 Å². The van der Waals surface area contributed by atoms with E-state index in [-0.39, 0.29) is 0 Å². The van der Waals surface area contributed by atoms with Crippen LogP contribution in [0, 0.1) is 0 Å². The maximum atomic E-state index is 11.4. The monoisotopic (exact) mass is 192 g/mol. The van der Waals surface area contributed by atoms with Crippen molar-refractivity contribution in [3.63, 3.8) is 0 Å². The number of carbonyl (C=O) groups excluding carboxylic acids is 1. The van der Waals surface area contributed by atoms with E-state index >= 15 is 0 Å². The molecule has 1 unspecified atom stereocenters. The molecule has 0 radical (unpaired) electrons. The summed E-state index contributed by atoms with van der Waals surface area (Å²) in [4.78, 5) is 11.4. The van der Waals surface area contributed by atoms with Gasteiger partial charge in [0.15, 0.2) is 0 Å². The van der Waals surface area contributed by atoms with Crippen LogP contribution in [-0.4, -0.2) is 17.2 Å². The summed E-state index contributed by atoms with van der Waals surface area (Å²) in [7, 11) is 0. The molecule has 1 atom stereocenters. The maximum absolute atomic E-state index is 11.4. The molecule has 3 heteroatoms. The Bertz CT molecular complexity index is 317. The van der Waals surface area contributed by atoms with Crippen molar-refractivity contribution in [3.8, 4) is 0 Å². The molecule has 0 bridgehead atoms. The lowest BCUT2D eigenvalue weighted by atomic mass is 10.1. The summed E-state index contributed by atoms with van der Waals surface area (Å²) in [5.74, 6) is -0.441. The quantitative estimate of drug-likeness (QED) is 0.449. The third-order valence-corrected chi connectivity index (χ3v) is 1.63. The van der Waals surface area contributed by atoms with E-state index in [1.165, 1.54) is 6.26 Å². The normalized spacial score (nSPS) is 12.7. The van der Waals surface area contributed by atoms with Crippen molar-refractivity contribution in [2.24, 2.45) is 0 Å². The van der Waals surface area contributed by atoms with E-state index in [0.29, 0.717) is 5.56 Å². The molecule has 74 valence electrons. The first-order valence-corrected chi connectivity index (χ1v) is 4.29. The molecule has 0 aliphatic rings. The molecular formula is C11H12O3. The lowest BCUT2D eigenvalue weighted by molar-refractivity contribution is -0.0290. The SMILES string of the molecule is CC=COC(O)C(=O)c1ccccc1. The van der Waals surface area contributed by atoms with Crippen LogP contribution in [0.15, 0.2) is 42.7 Å². The van der Waals surface area contributed by atoms with Crippen LogP contribution in [0.5, 0.6) is 0 Å². The lowest BCUT2D eigenvalue weighted by Crippen LogP contribution is -2.21. The van der Waals surface area contributed by atoms with Gasteiger partial charge in [-0.1, -0.05) is 36.4 Å². The number of ketones is 1. The highest BCUT2D eigenvalue weighted by Gasteiger charge is 2.16. The Labute approximate surface area is 82.6 Å². The number of allylic oxidation sites excluding steroid dienone is 1. The van der Waals surface area contributed by atoms with Crippen LogP contribution < -0.4 is 0 Å². The molecule has 14 heavy (non-hydrogen) atoms. The van der Waals surface area contributed by atoms with Crippen molar-refractivity contribution in [2.75, 3.05) is 0 Å². The zero-order chi connectivity index (χ0) is 10.4. The number of hydrogen-bond donors (Lipinski definition) is 1. The summed E-state index contributed by atoms with van der Waals surface area (Å²) in [6, 6.07) is 8.52. The fourth-order valence-corrected chi connectivity index (χ4v) is 0.960. The van der Waals surface area contributed by atoms with Crippen molar-refractivity contribution in [1.82, 2.24) is 0 Å². The Balaban J connectivity index is 2.66. The smallest absolute Gasteiger partial charge is 0.261 e. The molecule has 0 saturated heterocycles. The average molecular weight is 192 g/mol. The van der Waals surface area contributed by atoms with Crippen LogP contribution in [0.25, 0.3) is 0 Å².